The first-order chi connectivity index (χ1) is 34.2. The predicted octanol–water partition coefficient (Wildman–Crippen LogP) is 18.1. The van der Waals surface area contributed by atoms with Gasteiger partial charge in [-0.05, 0) is 105 Å². The number of hydrogen-bond donors (Lipinski definition) is 0. The highest BCUT2D eigenvalue weighted by Gasteiger charge is 2.30. The Morgan fingerprint density at radius 2 is 1.00 bits per heavy atom. The predicted molar refractivity (Wildman–Crippen MR) is 291 cm³/mol. The Balaban J connectivity index is 1.05. The fraction of sp³-hybridized carbons (Fsp3) is 0.0303. The standard InChI is InChI=1S/C66H46N2O/c1-44-49(55-33-19-24-46-23-18-32-51(65(46)55)45-21-4-2-5-22-45)27-8-13-35-58(44)68(59-36-14-9-28-50(59)47-41-42-54-53-30-12-17-40-63(53)69-64(54)43-47)60-37-15-10-29-52(60)56-34-20-39-62-66(56)57-31-11-16-38-61(57)67(62)48-25-6-3-7-26-48/h2-44H,1H3/t44-/m0/s1. The van der Waals surface area contributed by atoms with Crippen molar-refractivity contribution in [1.82, 2.24) is 4.57 Å². The zero-order chi connectivity index (χ0) is 45.8. The number of nitrogens with zero attached hydrogens (tertiary/aromatic N) is 2. The molecule has 0 amide bonds. The van der Waals surface area contributed by atoms with Crippen LogP contribution in [-0.4, -0.2) is 4.57 Å². The quantitative estimate of drug-likeness (QED) is 0.152. The van der Waals surface area contributed by atoms with Gasteiger partial charge in [0.2, 0.25) is 0 Å². The molecule has 0 unspecified atom stereocenters. The average Bonchev–Trinajstić information content (AvgIpc) is 3.89. The summed E-state index contributed by atoms with van der Waals surface area (Å²) in [6.45, 7) is 2.38. The van der Waals surface area contributed by atoms with Crippen LogP contribution >= 0.6 is 0 Å². The average molecular weight is 883 g/mol. The molecule has 0 fully saturated rings. The molecule has 1 aliphatic rings. The van der Waals surface area contributed by atoms with Crippen LogP contribution in [0.15, 0.2) is 265 Å². The van der Waals surface area contributed by atoms with E-state index in [0.29, 0.717) is 0 Å². The van der Waals surface area contributed by atoms with Crippen LogP contribution < -0.4 is 4.90 Å². The SMILES string of the molecule is C[C@H]1C(c2cccc3cccc(-c4ccccc4)c23)=CC=CC=C1N(c1ccccc1-c1ccc2c(c1)oc1ccccc12)c1ccccc1-c1cccc2c1c1ccccc1n2-c1ccccc1. The molecule has 326 valence electrons. The second kappa shape index (κ2) is 16.7. The summed E-state index contributed by atoms with van der Waals surface area (Å²) in [5.74, 6) is -0.0517. The van der Waals surface area contributed by atoms with Crippen molar-refractivity contribution in [3.05, 3.63) is 266 Å². The monoisotopic (exact) mass is 882 g/mol. The second-order valence-corrected chi connectivity index (χ2v) is 18.0. The highest BCUT2D eigenvalue weighted by molar-refractivity contribution is 6.17. The van der Waals surface area contributed by atoms with E-state index in [1.165, 1.54) is 60.4 Å². The molecule has 1 atom stereocenters. The molecule has 0 saturated carbocycles. The van der Waals surface area contributed by atoms with Gasteiger partial charge in [-0.2, -0.15) is 0 Å². The van der Waals surface area contributed by atoms with Crippen molar-refractivity contribution < 1.29 is 4.42 Å². The van der Waals surface area contributed by atoms with E-state index < -0.39 is 0 Å². The van der Waals surface area contributed by atoms with E-state index in [0.717, 1.165) is 61.4 Å². The lowest BCUT2D eigenvalue weighted by Gasteiger charge is -2.35. The van der Waals surface area contributed by atoms with Crippen molar-refractivity contribution in [2.75, 3.05) is 4.90 Å². The lowest BCUT2D eigenvalue weighted by Crippen LogP contribution is -2.23. The summed E-state index contributed by atoms with van der Waals surface area (Å²) in [4.78, 5) is 2.54. The molecule has 0 radical (unpaired) electrons. The molecular weight excluding hydrogens is 837 g/mol. The summed E-state index contributed by atoms with van der Waals surface area (Å²) < 4.78 is 8.94. The summed E-state index contributed by atoms with van der Waals surface area (Å²) >= 11 is 0. The van der Waals surface area contributed by atoms with E-state index in [9.17, 15) is 0 Å². The fourth-order valence-electron chi connectivity index (χ4n) is 11.0. The van der Waals surface area contributed by atoms with Gasteiger partial charge in [0.15, 0.2) is 0 Å². The largest absolute Gasteiger partial charge is 0.456 e. The minimum Gasteiger partial charge on any atom is -0.456 e. The molecular formula is C66H46N2O. The van der Waals surface area contributed by atoms with Crippen molar-refractivity contribution in [3.8, 4) is 39.1 Å². The van der Waals surface area contributed by atoms with Crippen molar-refractivity contribution in [1.29, 1.82) is 0 Å². The second-order valence-electron chi connectivity index (χ2n) is 18.0. The molecule has 0 bridgehead atoms. The van der Waals surface area contributed by atoms with Crippen LogP contribution in [0, 0.1) is 5.92 Å². The van der Waals surface area contributed by atoms with Crippen LogP contribution in [0.4, 0.5) is 11.4 Å². The molecule has 3 heteroatoms. The Kier molecular flexibility index (Phi) is 9.80. The van der Waals surface area contributed by atoms with Gasteiger partial charge in [0.25, 0.3) is 0 Å². The maximum atomic E-state index is 6.53. The third-order valence-electron chi connectivity index (χ3n) is 14.1. The number of fused-ring (bicyclic) bond motifs is 7. The molecule has 13 rings (SSSR count). The number of hydrogen-bond acceptors (Lipinski definition) is 2. The van der Waals surface area contributed by atoms with Gasteiger partial charge in [0.05, 0.1) is 22.4 Å². The lowest BCUT2D eigenvalue weighted by atomic mass is 9.84. The van der Waals surface area contributed by atoms with Gasteiger partial charge in [0, 0.05) is 50.0 Å². The van der Waals surface area contributed by atoms with Crippen LogP contribution in [0.1, 0.15) is 12.5 Å². The van der Waals surface area contributed by atoms with Crippen LogP contribution in [0.3, 0.4) is 0 Å². The smallest absolute Gasteiger partial charge is 0.136 e. The van der Waals surface area contributed by atoms with Crippen molar-refractivity contribution in [2.45, 2.75) is 6.92 Å². The Bertz CT molecular complexity index is 4030. The highest BCUT2D eigenvalue weighted by atomic mass is 16.3. The highest BCUT2D eigenvalue weighted by Crippen LogP contribution is 2.49. The number of benzene rings is 10. The van der Waals surface area contributed by atoms with Crippen LogP contribution in [0.2, 0.25) is 0 Å². The third kappa shape index (κ3) is 6.73. The molecule has 0 aliphatic heterocycles. The van der Waals surface area contributed by atoms with Crippen LogP contribution in [0.25, 0.3) is 99.2 Å². The minimum absolute atomic E-state index is 0.0517. The lowest BCUT2D eigenvalue weighted by molar-refractivity contribution is 0.669. The molecule has 10 aromatic carbocycles. The Labute approximate surface area is 401 Å². The summed E-state index contributed by atoms with van der Waals surface area (Å²) in [5, 5.41) is 7.15. The van der Waals surface area contributed by atoms with Gasteiger partial charge < -0.3 is 13.9 Å². The summed E-state index contributed by atoms with van der Waals surface area (Å²) in [6, 6.07) is 83.4. The summed E-state index contributed by atoms with van der Waals surface area (Å²) in [7, 11) is 0. The van der Waals surface area contributed by atoms with E-state index in [4.69, 9.17) is 4.42 Å². The van der Waals surface area contributed by atoms with Gasteiger partial charge in [-0.3, -0.25) is 0 Å². The molecule has 0 saturated heterocycles. The first-order valence-corrected chi connectivity index (χ1v) is 23.8. The number of rotatable bonds is 8. The Hall–Kier alpha value is -8.92. The van der Waals surface area contributed by atoms with Gasteiger partial charge in [-0.25, -0.2) is 0 Å². The van der Waals surface area contributed by atoms with E-state index >= 15 is 0 Å². The van der Waals surface area contributed by atoms with Crippen molar-refractivity contribution >= 4 is 71.5 Å². The molecule has 69 heavy (non-hydrogen) atoms. The van der Waals surface area contributed by atoms with Gasteiger partial charge >= 0.3 is 0 Å². The maximum absolute atomic E-state index is 6.53. The normalized spacial score (nSPS) is 13.8. The molecule has 2 aromatic heterocycles. The number of aromatic nitrogens is 1. The van der Waals surface area contributed by atoms with E-state index in [2.05, 4.69) is 265 Å². The topological polar surface area (TPSA) is 21.3 Å². The van der Waals surface area contributed by atoms with Crippen LogP contribution in [0.5, 0.6) is 0 Å². The molecule has 1 aliphatic carbocycles. The first-order valence-electron chi connectivity index (χ1n) is 23.8. The number of anilines is 2. The number of allylic oxidation sites excluding steroid dienone is 5. The van der Waals surface area contributed by atoms with E-state index in [1.807, 2.05) is 6.07 Å². The molecule has 0 N–H and O–H groups in total. The zero-order valence-electron chi connectivity index (χ0n) is 38.1. The summed E-state index contributed by atoms with van der Waals surface area (Å²) in [6.07, 6.45) is 9.09. The number of para-hydroxylation sites is 5. The van der Waals surface area contributed by atoms with Crippen molar-refractivity contribution in [3.63, 3.8) is 0 Å². The Morgan fingerprint density at radius 1 is 0.406 bits per heavy atom. The van der Waals surface area contributed by atoms with E-state index in [-0.39, 0.29) is 5.92 Å². The summed E-state index contributed by atoms with van der Waals surface area (Å²) in [5.41, 5.74) is 18.0. The fourth-order valence-corrected chi connectivity index (χ4v) is 11.0. The molecule has 3 nitrogen and oxygen atoms in total. The maximum Gasteiger partial charge on any atom is 0.136 e. The number of furan rings is 1. The molecule has 12 aromatic rings. The first kappa shape index (κ1) is 40.4. The third-order valence-corrected chi connectivity index (χ3v) is 14.1. The minimum atomic E-state index is -0.0517. The van der Waals surface area contributed by atoms with Gasteiger partial charge in [-0.15, -0.1) is 0 Å². The Morgan fingerprint density at radius 3 is 1.83 bits per heavy atom. The zero-order valence-corrected chi connectivity index (χ0v) is 38.1. The van der Waals surface area contributed by atoms with Crippen molar-refractivity contribution in [2.24, 2.45) is 5.92 Å². The molecule has 2 heterocycles. The van der Waals surface area contributed by atoms with Crippen LogP contribution in [-0.2, 0) is 0 Å². The molecule has 0 spiro atoms. The van der Waals surface area contributed by atoms with Gasteiger partial charge in [0.1, 0.15) is 11.2 Å². The van der Waals surface area contributed by atoms with Gasteiger partial charge in [-0.1, -0.05) is 201 Å². The van der Waals surface area contributed by atoms with E-state index in [1.54, 1.807) is 0 Å².